The minimum absolute atomic E-state index is 0.136. The molecule has 3 atom stereocenters. The number of benzene rings is 1. The fourth-order valence-electron chi connectivity index (χ4n) is 4.21. The molecular weight excluding hydrogens is 403 g/mol. The maximum absolute atomic E-state index is 12.4. The lowest BCUT2D eigenvalue weighted by atomic mass is 9.75. The molecule has 2 nitrogen and oxygen atoms in total. The number of allylic oxidation sites excluding steroid dienone is 1. The lowest BCUT2D eigenvalue weighted by molar-refractivity contribution is -0.154. The highest BCUT2D eigenvalue weighted by Gasteiger charge is 2.61. The van der Waals surface area contributed by atoms with Gasteiger partial charge in [0.15, 0.2) is 5.78 Å². The molecule has 2 rings (SSSR count). The fourth-order valence-corrected chi connectivity index (χ4v) is 4.90. The smallest absolute Gasteiger partial charge is 0.202 e. The van der Waals surface area contributed by atoms with Crippen molar-refractivity contribution in [3.63, 3.8) is 0 Å². The summed E-state index contributed by atoms with van der Waals surface area (Å²) in [6.45, 7) is 19.1. The third-order valence-corrected chi connectivity index (χ3v) is 6.81. The first-order chi connectivity index (χ1) is 13.4. The van der Waals surface area contributed by atoms with Gasteiger partial charge in [-0.15, -0.1) is 6.58 Å². The van der Waals surface area contributed by atoms with E-state index in [-0.39, 0.29) is 17.8 Å². The van der Waals surface area contributed by atoms with Crippen LogP contribution in [-0.4, -0.2) is 16.2 Å². The number of carbonyl (C=O) groups is 1. The van der Waals surface area contributed by atoms with E-state index in [4.69, 9.17) is 27.9 Å². The molecule has 4 heteroatoms. The van der Waals surface area contributed by atoms with Crippen molar-refractivity contribution in [1.82, 2.24) is 0 Å². The molecule has 0 saturated heterocycles. The van der Waals surface area contributed by atoms with Crippen LogP contribution in [-0.2, 0) is 9.53 Å². The van der Waals surface area contributed by atoms with Crippen LogP contribution in [0.5, 0.6) is 0 Å². The van der Waals surface area contributed by atoms with E-state index in [0.717, 1.165) is 6.42 Å². The lowest BCUT2D eigenvalue weighted by Gasteiger charge is -2.46. The predicted octanol–water partition coefficient (Wildman–Crippen LogP) is 7.84. The number of Topliss-reactive ketones (excluding diaryl/α,β-unsaturated/α-hetero) is 1. The molecule has 0 spiro atoms. The van der Waals surface area contributed by atoms with Gasteiger partial charge in [-0.2, -0.15) is 0 Å². The largest absolute Gasteiger partial charge is 0.366 e. The van der Waals surface area contributed by atoms with Gasteiger partial charge in [0.2, 0.25) is 4.33 Å². The van der Waals surface area contributed by atoms with E-state index in [1.165, 1.54) is 22.3 Å². The molecule has 0 aliphatic heterocycles. The quantitative estimate of drug-likeness (QED) is 0.289. The zero-order valence-electron chi connectivity index (χ0n) is 18.9. The summed E-state index contributed by atoms with van der Waals surface area (Å²) in [5, 5.41) is 0. The molecule has 1 fully saturated rings. The number of hydrogen-bond acceptors (Lipinski definition) is 2. The average Bonchev–Trinajstić information content (AvgIpc) is 2.65. The third kappa shape index (κ3) is 4.92. The minimum Gasteiger partial charge on any atom is -0.366 e. The van der Waals surface area contributed by atoms with Crippen molar-refractivity contribution in [2.24, 2.45) is 5.92 Å². The normalized spacial score (nSPS) is 22.3. The third-order valence-electron chi connectivity index (χ3n) is 6.00. The second kappa shape index (κ2) is 9.54. The molecule has 29 heavy (non-hydrogen) atoms. The van der Waals surface area contributed by atoms with Crippen molar-refractivity contribution >= 4 is 29.0 Å². The summed E-state index contributed by atoms with van der Waals surface area (Å²) in [4.78, 5) is 12.4. The molecule has 0 N–H and O–H groups in total. The molecule has 1 aliphatic carbocycles. The van der Waals surface area contributed by atoms with Crippen molar-refractivity contribution < 1.29 is 9.53 Å². The number of carbonyl (C=O) groups excluding carboxylic acids is 1. The van der Waals surface area contributed by atoms with Gasteiger partial charge in [-0.3, -0.25) is 4.79 Å². The highest BCUT2D eigenvalue weighted by atomic mass is 35.5. The topological polar surface area (TPSA) is 26.3 Å². The van der Waals surface area contributed by atoms with Crippen LogP contribution < -0.4 is 0 Å². The van der Waals surface area contributed by atoms with Gasteiger partial charge in [-0.25, -0.2) is 0 Å². The Hall–Kier alpha value is -0.830. The van der Waals surface area contributed by atoms with Gasteiger partial charge >= 0.3 is 0 Å². The van der Waals surface area contributed by atoms with Crippen LogP contribution in [0.25, 0.3) is 0 Å². The van der Waals surface area contributed by atoms with Crippen molar-refractivity contribution in [3.8, 4) is 0 Å². The average molecular weight is 439 g/mol. The Morgan fingerprint density at radius 2 is 1.55 bits per heavy atom. The number of halogens is 2. The Balaban J connectivity index is 2.44. The van der Waals surface area contributed by atoms with Crippen LogP contribution in [0, 0.1) is 5.92 Å². The van der Waals surface area contributed by atoms with Crippen molar-refractivity contribution in [1.29, 1.82) is 0 Å². The van der Waals surface area contributed by atoms with Crippen LogP contribution >= 0.6 is 23.2 Å². The highest BCUT2D eigenvalue weighted by molar-refractivity contribution is 6.61. The highest BCUT2D eigenvalue weighted by Crippen LogP contribution is 2.50. The molecule has 1 saturated carbocycles. The van der Waals surface area contributed by atoms with Gasteiger partial charge < -0.3 is 4.74 Å². The number of hydrogen-bond donors (Lipinski definition) is 0. The standard InChI is InChI=1S/C25H36Cl2O2/c1-9-10-11-19-23(28)25(26,27)24(19)29-17(8)22-20(15(4)5)12-18(14(2)3)13-21(22)16(6)7/h9,12-17,19,24H,1,10-11H2,2-8H3/t17-,19-,24-/m1/s1. The first kappa shape index (κ1) is 24.4. The molecule has 1 aromatic rings. The number of rotatable bonds is 9. The van der Waals surface area contributed by atoms with Gasteiger partial charge in [-0.05, 0) is 59.8 Å². The summed E-state index contributed by atoms with van der Waals surface area (Å²) in [6.07, 6.45) is 2.52. The molecule has 0 amide bonds. The zero-order valence-corrected chi connectivity index (χ0v) is 20.4. The summed E-state index contributed by atoms with van der Waals surface area (Å²) >= 11 is 12.7. The van der Waals surface area contributed by atoms with Gasteiger partial charge in [0.05, 0.1) is 12.0 Å². The Kier molecular flexibility index (Phi) is 8.04. The molecule has 1 aliphatic rings. The minimum atomic E-state index is -1.46. The van der Waals surface area contributed by atoms with Crippen LogP contribution in [0.1, 0.15) is 107 Å². The molecule has 0 aromatic heterocycles. The molecule has 0 heterocycles. The number of ether oxygens (including phenoxy) is 1. The van der Waals surface area contributed by atoms with Gasteiger partial charge in [0, 0.05) is 0 Å². The summed E-state index contributed by atoms with van der Waals surface area (Å²) in [5.74, 6) is 0.780. The Morgan fingerprint density at radius 3 is 1.97 bits per heavy atom. The maximum atomic E-state index is 12.4. The molecule has 1 aromatic carbocycles. The van der Waals surface area contributed by atoms with E-state index in [1.807, 2.05) is 6.08 Å². The first-order valence-electron chi connectivity index (χ1n) is 10.8. The lowest BCUT2D eigenvalue weighted by Crippen LogP contribution is -2.62. The van der Waals surface area contributed by atoms with E-state index in [9.17, 15) is 4.79 Å². The van der Waals surface area contributed by atoms with Crippen LogP contribution in [0.3, 0.4) is 0 Å². The maximum Gasteiger partial charge on any atom is 0.202 e. The number of ketones is 1. The Morgan fingerprint density at radius 1 is 1.03 bits per heavy atom. The van der Waals surface area contributed by atoms with Gasteiger partial charge in [0.25, 0.3) is 0 Å². The van der Waals surface area contributed by atoms with Crippen molar-refractivity contribution in [2.45, 2.75) is 95.6 Å². The SMILES string of the molecule is C=CCC[C@@H]1C(=O)C(Cl)(Cl)[C@@H]1O[C@H](C)c1c(C(C)C)cc(C(C)C)cc1C(C)C. The fraction of sp³-hybridized carbons (Fsp3) is 0.640. The molecule has 0 unspecified atom stereocenters. The first-order valence-corrected chi connectivity index (χ1v) is 11.5. The summed E-state index contributed by atoms with van der Waals surface area (Å²) < 4.78 is 4.97. The summed E-state index contributed by atoms with van der Waals surface area (Å²) in [6, 6.07) is 4.62. The van der Waals surface area contributed by atoms with E-state index in [1.54, 1.807) is 0 Å². The van der Waals surface area contributed by atoms with Crippen molar-refractivity contribution in [2.75, 3.05) is 0 Å². The van der Waals surface area contributed by atoms with Crippen LogP contribution in [0.4, 0.5) is 0 Å². The molecule has 162 valence electrons. The predicted molar refractivity (Wildman–Crippen MR) is 124 cm³/mol. The van der Waals surface area contributed by atoms with E-state index in [2.05, 4.69) is 67.2 Å². The number of alkyl halides is 2. The molecule has 0 bridgehead atoms. The van der Waals surface area contributed by atoms with Gasteiger partial charge in [-0.1, -0.05) is 83.0 Å². The van der Waals surface area contributed by atoms with E-state index in [0.29, 0.717) is 24.2 Å². The monoisotopic (exact) mass is 438 g/mol. The molecule has 0 radical (unpaired) electrons. The summed E-state index contributed by atoms with van der Waals surface area (Å²) in [5.41, 5.74) is 5.16. The van der Waals surface area contributed by atoms with E-state index >= 15 is 0 Å². The summed E-state index contributed by atoms with van der Waals surface area (Å²) in [7, 11) is 0. The van der Waals surface area contributed by atoms with Crippen molar-refractivity contribution in [3.05, 3.63) is 47.0 Å². The second-order valence-electron chi connectivity index (χ2n) is 9.24. The Bertz CT molecular complexity index is 720. The van der Waals surface area contributed by atoms with Crippen LogP contribution in [0.2, 0.25) is 0 Å². The van der Waals surface area contributed by atoms with E-state index < -0.39 is 10.4 Å². The Labute approximate surface area is 187 Å². The second-order valence-corrected chi connectivity index (χ2v) is 10.6. The zero-order chi connectivity index (χ0) is 22.1. The molecular formula is C25H36Cl2O2. The van der Waals surface area contributed by atoms with Crippen LogP contribution in [0.15, 0.2) is 24.8 Å². The van der Waals surface area contributed by atoms with Gasteiger partial charge in [0.1, 0.15) is 6.10 Å².